The van der Waals surface area contributed by atoms with Crippen molar-refractivity contribution < 1.29 is 15.1 Å². The van der Waals surface area contributed by atoms with Gasteiger partial charge in [0.2, 0.25) is 0 Å². The molecule has 0 saturated carbocycles. The lowest BCUT2D eigenvalue weighted by molar-refractivity contribution is 0.0697. The van der Waals surface area contributed by atoms with Gasteiger partial charge in [-0.1, -0.05) is 41.6 Å². The van der Waals surface area contributed by atoms with Gasteiger partial charge in [0.05, 0.1) is 11.3 Å². The van der Waals surface area contributed by atoms with Crippen molar-refractivity contribution in [3.8, 4) is 0 Å². The average molecular weight is 374 g/mol. The summed E-state index contributed by atoms with van der Waals surface area (Å²) in [5.74, 6) is -1.03. The van der Waals surface area contributed by atoms with Gasteiger partial charge in [0.15, 0.2) is 0 Å². The summed E-state index contributed by atoms with van der Waals surface area (Å²) in [6.45, 7) is 3.93. The van der Waals surface area contributed by atoms with Gasteiger partial charge < -0.3 is 10.3 Å². The first kappa shape index (κ1) is 19.3. The van der Waals surface area contributed by atoms with Crippen LogP contribution in [-0.2, 0) is 0 Å². The first-order valence-corrected chi connectivity index (χ1v) is 9.02. The molecule has 0 aliphatic rings. The number of oxime groups is 1. The fourth-order valence-electron chi connectivity index (χ4n) is 3.38. The summed E-state index contributed by atoms with van der Waals surface area (Å²) in [7, 11) is 0. The monoisotopic (exact) mass is 374 g/mol. The molecule has 1 heterocycles. The number of aryl methyl sites for hydroxylation is 2. The number of hydrogen-bond acceptors (Lipinski definition) is 4. The van der Waals surface area contributed by atoms with E-state index < -0.39 is 5.97 Å². The molecule has 0 saturated heterocycles. The van der Waals surface area contributed by atoms with Crippen molar-refractivity contribution in [1.82, 2.24) is 4.98 Å². The van der Waals surface area contributed by atoms with Gasteiger partial charge in [-0.25, -0.2) is 4.79 Å². The zero-order valence-corrected chi connectivity index (χ0v) is 15.8. The van der Waals surface area contributed by atoms with E-state index in [-0.39, 0.29) is 11.5 Å². The minimum Gasteiger partial charge on any atom is -0.478 e. The van der Waals surface area contributed by atoms with Crippen LogP contribution in [0.4, 0.5) is 0 Å². The maximum atomic E-state index is 11.2. The zero-order chi connectivity index (χ0) is 20.1. The number of aromatic nitrogens is 1. The van der Waals surface area contributed by atoms with Gasteiger partial charge in [0, 0.05) is 29.8 Å². The summed E-state index contributed by atoms with van der Waals surface area (Å²) in [6.07, 6.45) is 2.16. The van der Waals surface area contributed by atoms with Gasteiger partial charge >= 0.3 is 5.97 Å². The number of carboxylic acid groups (broad SMARTS) is 1. The molecule has 0 amide bonds. The van der Waals surface area contributed by atoms with E-state index >= 15 is 0 Å². The smallest absolute Gasteiger partial charge is 0.335 e. The van der Waals surface area contributed by atoms with Crippen molar-refractivity contribution in [2.45, 2.75) is 26.2 Å². The average Bonchev–Trinajstić information content (AvgIpc) is 2.70. The number of benzene rings is 2. The maximum absolute atomic E-state index is 11.2. The van der Waals surface area contributed by atoms with Crippen LogP contribution in [0.15, 0.2) is 72.0 Å². The van der Waals surface area contributed by atoms with Crippen molar-refractivity contribution in [2.75, 3.05) is 0 Å². The van der Waals surface area contributed by atoms with E-state index in [1.165, 1.54) is 0 Å². The van der Waals surface area contributed by atoms with E-state index in [4.69, 9.17) is 0 Å². The molecule has 0 bridgehead atoms. The molecule has 0 aliphatic heterocycles. The van der Waals surface area contributed by atoms with Gasteiger partial charge in [-0.05, 0) is 54.8 Å². The van der Waals surface area contributed by atoms with Crippen molar-refractivity contribution in [2.24, 2.45) is 5.16 Å². The Hall–Kier alpha value is -3.47. The summed E-state index contributed by atoms with van der Waals surface area (Å²) < 4.78 is 0. The molecular formula is C23H22N2O3. The third-order valence-electron chi connectivity index (χ3n) is 4.87. The molecule has 3 aromatic rings. The minimum atomic E-state index is -0.955. The lowest BCUT2D eigenvalue weighted by atomic mass is 9.83. The third-order valence-corrected chi connectivity index (χ3v) is 4.87. The highest BCUT2D eigenvalue weighted by molar-refractivity contribution is 6.01. The number of carboxylic acids is 1. The molecule has 1 aromatic heterocycles. The molecule has 0 aliphatic carbocycles. The summed E-state index contributed by atoms with van der Waals surface area (Å²) in [5, 5.41) is 22.4. The summed E-state index contributed by atoms with van der Waals surface area (Å²) in [5.41, 5.74) is 5.66. The van der Waals surface area contributed by atoms with E-state index in [1.54, 1.807) is 18.3 Å². The quantitative estimate of drug-likeness (QED) is 0.369. The molecule has 28 heavy (non-hydrogen) atoms. The van der Waals surface area contributed by atoms with Crippen LogP contribution in [0, 0.1) is 13.8 Å². The Morgan fingerprint density at radius 3 is 2.36 bits per heavy atom. The second kappa shape index (κ2) is 8.48. The number of hydrogen-bond donors (Lipinski definition) is 2. The highest BCUT2D eigenvalue weighted by Crippen LogP contribution is 2.32. The normalized spacial score (nSPS) is 12.6. The van der Waals surface area contributed by atoms with Crippen molar-refractivity contribution >= 4 is 11.7 Å². The van der Waals surface area contributed by atoms with Crippen LogP contribution in [-0.4, -0.2) is 27.0 Å². The van der Waals surface area contributed by atoms with Crippen LogP contribution < -0.4 is 0 Å². The SMILES string of the molecule is Cc1cc(/C(CC(c2ccc(C(=O)O)cc2)c2ccccc2C)=N/O)ccn1. The molecule has 0 radical (unpaired) electrons. The number of carbonyl (C=O) groups is 1. The van der Waals surface area contributed by atoms with Crippen molar-refractivity contribution in [1.29, 1.82) is 0 Å². The number of aromatic carboxylic acids is 1. The molecule has 5 nitrogen and oxygen atoms in total. The van der Waals surface area contributed by atoms with E-state index in [2.05, 4.69) is 16.2 Å². The lowest BCUT2D eigenvalue weighted by Gasteiger charge is -2.21. The highest BCUT2D eigenvalue weighted by atomic mass is 16.4. The Labute approximate surface area is 164 Å². The second-order valence-electron chi connectivity index (χ2n) is 6.77. The van der Waals surface area contributed by atoms with Gasteiger partial charge in [0.1, 0.15) is 0 Å². The van der Waals surface area contributed by atoms with Gasteiger partial charge in [-0.2, -0.15) is 0 Å². The highest BCUT2D eigenvalue weighted by Gasteiger charge is 2.20. The Balaban J connectivity index is 2.03. The fourth-order valence-corrected chi connectivity index (χ4v) is 3.38. The summed E-state index contributed by atoms with van der Waals surface area (Å²) >= 11 is 0. The fraction of sp³-hybridized carbons (Fsp3) is 0.174. The molecular weight excluding hydrogens is 352 g/mol. The molecule has 1 atom stereocenters. The van der Waals surface area contributed by atoms with Gasteiger partial charge in [-0.3, -0.25) is 4.98 Å². The molecule has 1 unspecified atom stereocenters. The molecule has 3 rings (SSSR count). The van der Waals surface area contributed by atoms with Gasteiger partial charge in [0.25, 0.3) is 0 Å². The topological polar surface area (TPSA) is 82.8 Å². The second-order valence-corrected chi connectivity index (χ2v) is 6.77. The Morgan fingerprint density at radius 2 is 1.75 bits per heavy atom. The Bertz CT molecular complexity index is 1010. The van der Waals surface area contributed by atoms with Crippen LogP contribution >= 0.6 is 0 Å². The van der Waals surface area contributed by atoms with E-state index in [9.17, 15) is 15.1 Å². The number of rotatable bonds is 6. The molecule has 2 N–H and O–H groups in total. The molecule has 0 spiro atoms. The van der Waals surface area contributed by atoms with Crippen LogP contribution in [0.1, 0.15) is 50.6 Å². The van der Waals surface area contributed by atoms with Crippen LogP contribution in [0.2, 0.25) is 0 Å². The van der Waals surface area contributed by atoms with Crippen LogP contribution in [0.25, 0.3) is 0 Å². The van der Waals surface area contributed by atoms with E-state index in [0.29, 0.717) is 12.1 Å². The van der Waals surface area contributed by atoms with Crippen LogP contribution in [0.3, 0.4) is 0 Å². The first-order chi connectivity index (χ1) is 13.5. The van der Waals surface area contributed by atoms with Gasteiger partial charge in [-0.15, -0.1) is 0 Å². The Kier molecular flexibility index (Phi) is 5.84. The number of pyridine rings is 1. The predicted molar refractivity (Wildman–Crippen MR) is 108 cm³/mol. The molecule has 2 aromatic carbocycles. The maximum Gasteiger partial charge on any atom is 0.335 e. The predicted octanol–water partition coefficient (Wildman–Crippen LogP) is 4.80. The van der Waals surface area contributed by atoms with Crippen LogP contribution in [0.5, 0.6) is 0 Å². The van der Waals surface area contributed by atoms with Crippen molar-refractivity contribution in [3.05, 3.63) is 100 Å². The molecule has 0 fully saturated rings. The molecule has 5 heteroatoms. The van der Waals surface area contributed by atoms with E-state index in [1.807, 2.05) is 56.3 Å². The largest absolute Gasteiger partial charge is 0.478 e. The van der Waals surface area contributed by atoms with E-state index in [0.717, 1.165) is 27.9 Å². The summed E-state index contributed by atoms with van der Waals surface area (Å²) in [4.78, 5) is 15.4. The standard InChI is InChI=1S/C23H22N2O3/c1-15-5-3-4-6-20(15)21(17-7-9-18(10-8-17)23(26)27)14-22(25-28)19-11-12-24-16(2)13-19/h3-13,21,28H,14H2,1-2H3,(H,26,27)/b25-22+. The minimum absolute atomic E-state index is 0.0802. The molecule has 142 valence electrons. The zero-order valence-electron chi connectivity index (χ0n) is 15.8. The Morgan fingerprint density at radius 1 is 1.04 bits per heavy atom. The third kappa shape index (κ3) is 4.26. The number of nitrogens with zero attached hydrogens (tertiary/aromatic N) is 2. The first-order valence-electron chi connectivity index (χ1n) is 9.02. The van der Waals surface area contributed by atoms with Crippen molar-refractivity contribution in [3.63, 3.8) is 0 Å². The lowest BCUT2D eigenvalue weighted by Crippen LogP contribution is -2.12. The summed E-state index contributed by atoms with van der Waals surface area (Å²) in [6, 6.07) is 18.6.